The highest BCUT2D eigenvalue weighted by Crippen LogP contribution is 2.31. The standard InChI is InChI=1S/C29H22F3N3O2/c1-17-6-5-7-22-23-16-19(27(36)34-18(2)24-8-3-4-15-33-24)9-14-25(23)35(28(37)26(17)22)21-12-10-20(11-13-21)29(30,31)32/h3-16,18H,1-2H3,(H,34,36)/t18-/m0/s1. The van der Waals surface area contributed by atoms with Gasteiger partial charge in [-0.15, -0.1) is 0 Å². The molecule has 3 aromatic carbocycles. The number of halogens is 3. The summed E-state index contributed by atoms with van der Waals surface area (Å²) in [5, 5.41) is 4.68. The molecule has 2 aromatic heterocycles. The minimum atomic E-state index is -4.49. The van der Waals surface area contributed by atoms with Gasteiger partial charge in [0.25, 0.3) is 11.5 Å². The summed E-state index contributed by atoms with van der Waals surface area (Å²) in [4.78, 5) is 31.0. The van der Waals surface area contributed by atoms with Crippen molar-refractivity contribution in [1.82, 2.24) is 14.9 Å². The van der Waals surface area contributed by atoms with Gasteiger partial charge in [0.1, 0.15) is 0 Å². The van der Waals surface area contributed by atoms with E-state index in [0.717, 1.165) is 17.7 Å². The zero-order valence-electron chi connectivity index (χ0n) is 20.0. The third-order valence-electron chi connectivity index (χ3n) is 6.41. The van der Waals surface area contributed by atoms with Crippen LogP contribution in [0.2, 0.25) is 0 Å². The van der Waals surface area contributed by atoms with Crippen molar-refractivity contribution in [2.75, 3.05) is 0 Å². The molecule has 2 heterocycles. The lowest BCUT2D eigenvalue weighted by atomic mass is 10.00. The first-order valence-electron chi connectivity index (χ1n) is 11.6. The normalized spacial score (nSPS) is 12.6. The molecule has 5 nitrogen and oxygen atoms in total. The number of nitrogens with one attached hydrogen (secondary N) is 1. The van der Waals surface area contributed by atoms with Gasteiger partial charge in [-0.05, 0) is 79.4 Å². The summed E-state index contributed by atoms with van der Waals surface area (Å²) in [7, 11) is 0. The Morgan fingerprint density at radius 1 is 0.946 bits per heavy atom. The first-order valence-corrected chi connectivity index (χ1v) is 11.6. The number of aromatic nitrogens is 2. The molecule has 0 aliphatic rings. The van der Waals surface area contributed by atoms with E-state index in [0.29, 0.717) is 38.6 Å². The number of nitrogens with zero attached hydrogens (tertiary/aromatic N) is 2. The van der Waals surface area contributed by atoms with Crippen molar-refractivity contribution >= 4 is 27.6 Å². The third kappa shape index (κ3) is 4.46. The Morgan fingerprint density at radius 3 is 2.38 bits per heavy atom. The van der Waals surface area contributed by atoms with E-state index in [1.807, 2.05) is 25.1 Å². The van der Waals surface area contributed by atoms with Crippen molar-refractivity contribution in [3.05, 3.63) is 118 Å². The first-order chi connectivity index (χ1) is 17.6. The average molecular weight is 502 g/mol. The second-order valence-corrected chi connectivity index (χ2v) is 8.86. The van der Waals surface area contributed by atoms with Gasteiger partial charge in [0, 0.05) is 22.8 Å². The maximum absolute atomic E-state index is 13.6. The van der Waals surface area contributed by atoms with E-state index in [1.165, 1.54) is 16.7 Å². The summed E-state index contributed by atoms with van der Waals surface area (Å²) in [5.74, 6) is -0.312. The van der Waals surface area contributed by atoms with Gasteiger partial charge in [-0.1, -0.05) is 24.3 Å². The average Bonchev–Trinajstić information content (AvgIpc) is 2.89. The predicted octanol–water partition coefficient (Wildman–Crippen LogP) is 6.36. The van der Waals surface area contributed by atoms with Gasteiger partial charge in [0.05, 0.1) is 28.2 Å². The number of alkyl halides is 3. The molecule has 0 bridgehead atoms. The molecule has 0 saturated carbocycles. The first kappa shape index (κ1) is 24.2. The van der Waals surface area contributed by atoms with E-state index in [4.69, 9.17) is 0 Å². The number of aryl methyl sites for hydroxylation is 1. The number of fused-ring (bicyclic) bond motifs is 3. The Kier molecular flexibility index (Phi) is 6.03. The number of hydrogen-bond donors (Lipinski definition) is 1. The molecule has 5 aromatic rings. The van der Waals surface area contributed by atoms with Gasteiger partial charge in [0.15, 0.2) is 0 Å². The summed E-state index contributed by atoms with van der Waals surface area (Å²) in [5.41, 5.74) is 1.47. The van der Waals surface area contributed by atoms with Crippen LogP contribution in [0.1, 0.15) is 40.1 Å². The Morgan fingerprint density at radius 2 is 1.70 bits per heavy atom. The zero-order chi connectivity index (χ0) is 26.3. The quantitative estimate of drug-likeness (QED) is 0.292. The molecule has 0 aliphatic heterocycles. The van der Waals surface area contributed by atoms with Crippen LogP contribution in [-0.2, 0) is 6.18 Å². The number of benzene rings is 3. The second-order valence-electron chi connectivity index (χ2n) is 8.86. The summed E-state index contributed by atoms with van der Waals surface area (Å²) in [6.07, 6.45) is -2.83. The Hall–Kier alpha value is -4.46. The Labute approximate surface area is 210 Å². The number of pyridine rings is 2. The van der Waals surface area contributed by atoms with E-state index in [-0.39, 0.29) is 17.5 Å². The monoisotopic (exact) mass is 501 g/mol. The van der Waals surface area contributed by atoms with E-state index in [2.05, 4.69) is 10.3 Å². The van der Waals surface area contributed by atoms with Gasteiger partial charge in [-0.25, -0.2) is 0 Å². The Balaban J connectivity index is 1.67. The highest BCUT2D eigenvalue weighted by molar-refractivity contribution is 6.10. The number of carbonyl (C=O) groups excluding carboxylic acids is 1. The van der Waals surface area contributed by atoms with Gasteiger partial charge in [-0.2, -0.15) is 13.2 Å². The fourth-order valence-corrected chi connectivity index (χ4v) is 4.53. The molecular formula is C29H22F3N3O2. The van der Waals surface area contributed by atoms with Crippen LogP contribution in [0.25, 0.3) is 27.4 Å². The van der Waals surface area contributed by atoms with Gasteiger partial charge in [-0.3, -0.25) is 19.1 Å². The fourth-order valence-electron chi connectivity index (χ4n) is 4.53. The number of rotatable bonds is 4. The lowest BCUT2D eigenvalue weighted by Crippen LogP contribution is -2.27. The van der Waals surface area contributed by atoms with Crippen LogP contribution in [0.5, 0.6) is 0 Å². The van der Waals surface area contributed by atoms with Crippen LogP contribution in [0, 0.1) is 6.92 Å². The summed E-state index contributed by atoms with van der Waals surface area (Å²) in [6.45, 7) is 3.64. The van der Waals surface area contributed by atoms with Crippen molar-refractivity contribution in [2.24, 2.45) is 0 Å². The smallest absolute Gasteiger partial charge is 0.344 e. The van der Waals surface area contributed by atoms with Crippen LogP contribution in [-0.4, -0.2) is 15.5 Å². The topological polar surface area (TPSA) is 64.0 Å². The molecule has 1 N–H and O–H groups in total. The predicted molar refractivity (Wildman–Crippen MR) is 137 cm³/mol. The molecule has 1 amide bonds. The van der Waals surface area contributed by atoms with Gasteiger partial charge in [0.2, 0.25) is 0 Å². The summed E-state index contributed by atoms with van der Waals surface area (Å²) >= 11 is 0. The zero-order valence-corrected chi connectivity index (χ0v) is 20.0. The minimum Gasteiger partial charge on any atom is -0.344 e. The van der Waals surface area contributed by atoms with Crippen molar-refractivity contribution in [2.45, 2.75) is 26.1 Å². The van der Waals surface area contributed by atoms with Crippen LogP contribution in [0.4, 0.5) is 13.2 Å². The van der Waals surface area contributed by atoms with Crippen LogP contribution >= 0.6 is 0 Å². The molecule has 0 aliphatic carbocycles. The molecule has 37 heavy (non-hydrogen) atoms. The molecule has 5 rings (SSSR count). The lowest BCUT2D eigenvalue weighted by molar-refractivity contribution is -0.137. The molecule has 0 unspecified atom stereocenters. The van der Waals surface area contributed by atoms with Crippen molar-refractivity contribution < 1.29 is 18.0 Å². The highest BCUT2D eigenvalue weighted by atomic mass is 19.4. The maximum atomic E-state index is 13.6. The Bertz CT molecular complexity index is 1690. The second kappa shape index (κ2) is 9.20. The van der Waals surface area contributed by atoms with Crippen molar-refractivity contribution in [3.63, 3.8) is 0 Å². The van der Waals surface area contributed by atoms with Crippen LogP contribution in [0.3, 0.4) is 0 Å². The van der Waals surface area contributed by atoms with Crippen LogP contribution < -0.4 is 10.9 Å². The molecule has 0 saturated heterocycles. The molecule has 0 fully saturated rings. The fraction of sp³-hybridized carbons (Fsp3) is 0.138. The molecule has 0 radical (unpaired) electrons. The van der Waals surface area contributed by atoms with Crippen molar-refractivity contribution in [1.29, 1.82) is 0 Å². The van der Waals surface area contributed by atoms with Gasteiger partial charge >= 0.3 is 6.18 Å². The molecule has 0 spiro atoms. The molecule has 8 heteroatoms. The van der Waals surface area contributed by atoms with E-state index < -0.39 is 11.7 Å². The van der Waals surface area contributed by atoms with Gasteiger partial charge < -0.3 is 5.32 Å². The SMILES string of the molecule is Cc1cccc2c1c(=O)n(-c1ccc(C(F)(F)F)cc1)c1ccc(C(=O)N[C@@H](C)c3ccccn3)cc21. The van der Waals surface area contributed by atoms with E-state index >= 15 is 0 Å². The molecule has 1 atom stereocenters. The third-order valence-corrected chi connectivity index (χ3v) is 6.41. The summed E-state index contributed by atoms with van der Waals surface area (Å²) in [6, 6.07) is 20.0. The lowest BCUT2D eigenvalue weighted by Gasteiger charge is -2.17. The van der Waals surface area contributed by atoms with Crippen LogP contribution in [0.15, 0.2) is 89.9 Å². The van der Waals surface area contributed by atoms with E-state index in [9.17, 15) is 22.8 Å². The van der Waals surface area contributed by atoms with E-state index in [1.54, 1.807) is 49.5 Å². The number of amides is 1. The highest BCUT2D eigenvalue weighted by Gasteiger charge is 2.30. The molecule has 186 valence electrons. The molecular weight excluding hydrogens is 479 g/mol. The maximum Gasteiger partial charge on any atom is 0.416 e. The minimum absolute atomic E-state index is 0.300. The summed E-state index contributed by atoms with van der Waals surface area (Å²) < 4.78 is 40.8. The number of hydrogen-bond acceptors (Lipinski definition) is 3. The largest absolute Gasteiger partial charge is 0.416 e. The van der Waals surface area contributed by atoms with Crippen molar-refractivity contribution in [3.8, 4) is 5.69 Å². The number of carbonyl (C=O) groups is 1.